The van der Waals surface area contributed by atoms with Gasteiger partial charge in [-0.05, 0) is 29.8 Å². The van der Waals surface area contributed by atoms with E-state index in [0.717, 1.165) is 11.3 Å². The van der Waals surface area contributed by atoms with Gasteiger partial charge in [0.2, 0.25) is 0 Å². The van der Waals surface area contributed by atoms with Gasteiger partial charge in [0.1, 0.15) is 27.5 Å². The number of carbonyl (C=O) groups excluding carboxylic acids is 2. The maximum Gasteiger partial charge on any atom is 0.349 e. The standard InChI is InChI=1S/C22H14FNO5S/c1-28-22(27)18-16(12-6-8-14(23)9-7-12)11-30-20(18)24-19(25)15-10-13-4-2-3-5-17(13)29-21(15)26/h2-11H,1H3,(H,24,25). The van der Waals surface area contributed by atoms with E-state index < -0.39 is 23.3 Å². The number of thiophene rings is 1. The molecular weight excluding hydrogens is 409 g/mol. The molecule has 0 fully saturated rings. The predicted octanol–water partition coefficient (Wildman–Crippen LogP) is 4.70. The van der Waals surface area contributed by atoms with Crippen molar-refractivity contribution in [2.24, 2.45) is 0 Å². The number of methoxy groups -OCH3 is 1. The average molecular weight is 423 g/mol. The van der Waals surface area contributed by atoms with Gasteiger partial charge in [-0.15, -0.1) is 11.3 Å². The first-order valence-corrected chi connectivity index (χ1v) is 9.66. The van der Waals surface area contributed by atoms with Gasteiger partial charge in [0, 0.05) is 16.3 Å². The molecule has 0 saturated heterocycles. The fraction of sp³-hybridized carbons (Fsp3) is 0.0455. The molecule has 0 saturated carbocycles. The molecule has 0 aliphatic carbocycles. The van der Waals surface area contributed by atoms with Crippen molar-refractivity contribution in [2.45, 2.75) is 0 Å². The van der Waals surface area contributed by atoms with Gasteiger partial charge in [-0.25, -0.2) is 14.0 Å². The summed E-state index contributed by atoms with van der Waals surface area (Å²) in [5, 5.41) is 5.04. The van der Waals surface area contributed by atoms with Crippen molar-refractivity contribution in [3.05, 3.63) is 87.3 Å². The number of ether oxygens (including phenoxy) is 1. The number of nitrogens with one attached hydrogen (secondary N) is 1. The van der Waals surface area contributed by atoms with Gasteiger partial charge in [-0.3, -0.25) is 4.79 Å². The Morgan fingerprint density at radius 1 is 1.10 bits per heavy atom. The highest BCUT2D eigenvalue weighted by Crippen LogP contribution is 2.36. The minimum Gasteiger partial charge on any atom is -0.465 e. The lowest BCUT2D eigenvalue weighted by atomic mass is 10.0. The van der Waals surface area contributed by atoms with Crippen LogP contribution in [-0.4, -0.2) is 19.0 Å². The Hall–Kier alpha value is -3.78. The van der Waals surface area contributed by atoms with Gasteiger partial charge in [-0.2, -0.15) is 0 Å². The van der Waals surface area contributed by atoms with Crippen LogP contribution in [0.2, 0.25) is 0 Å². The van der Waals surface area contributed by atoms with Crippen LogP contribution in [0.25, 0.3) is 22.1 Å². The monoisotopic (exact) mass is 423 g/mol. The van der Waals surface area contributed by atoms with Crippen molar-refractivity contribution in [3.63, 3.8) is 0 Å². The molecule has 0 bridgehead atoms. The molecule has 0 aliphatic rings. The molecule has 2 aromatic carbocycles. The van der Waals surface area contributed by atoms with Crippen LogP contribution in [0.5, 0.6) is 0 Å². The highest BCUT2D eigenvalue weighted by molar-refractivity contribution is 7.15. The average Bonchev–Trinajstić information content (AvgIpc) is 3.16. The van der Waals surface area contributed by atoms with Crippen molar-refractivity contribution in [1.29, 1.82) is 0 Å². The minimum atomic E-state index is -0.791. The van der Waals surface area contributed by atoms with Gasteiger partial charge < -0.3 is 14.5 Å². The van der Waals surface area contributed by atoms with Gasteiger partial charge in [-0.1, -0.05) is 30.3 Å². The normalized spacial score (nSPS) is 10.7. The van der Waals surface area contributed by atoms with Gasteiger partial charge >= 0.3 is 11.6 Å². The van der Waals surface area contributed by atoms with E-state index >= 15 is 0 Å². The summed E-state index contributed by atoms with van der Waals surface area (Å²) < 4.78 is 23.3. The van der Waals surface area contributed by atoms with E-state index in [1.165, 1.54) is 37.4 Å². The lowest BCUT2D eigenvalue weighted by Gasteiger charge is -2.08. The van der Waals surface area contributed by atoms with Crippen LogP contribution < -0.4 is 10.9 Å². The summed E-state index contributed by atoms with van der Waals surface area (Å²) in [5.74, 6) is -1.80. The number of rotatable bonds is 4. The fourth-order valence-electron chi connectivity index (χ4n) is 2.99. The van der Waals surface area contributed by atoms with Crippen LogP contribution in [0, 0.1) is 5.82 Å². The minimum absolute atomic E-state index is 0.118. The van der Waals surface area contributed by atoms with E-state index in [1.807, 2.05) is 0 Å². The smallest absolute Gasteiger partial charge is 0.349 e. The number of amides is 1. The van der Waals surface area contributed by atoms with E-state index in [0.29, 0.717) is 22.1 Å². The third-order valence-electron chi connectivity index (χ3n) is 4.45. The predicted molar refractivity (Wildman–Crippen MR) is 111 cm³/mol. The molecule has 4 aromatic rings. The zero-order valence-electron chi connectivity index (χ0n) is 15.6. The lowest BCUT2D eigenvalue weighted by Crippen LogP contribution is -2.21. The van der Waals surface area contributed by atoms with E-state index in [-0.39, 0.29) is 16.1 Å². The van der Waals surface area contributed by atoms with Crippen LogP contribution in [-0.2, 0) is 4.74 Å². The Morgan fingerprint density at radius 2 is 1.83 bits per heavy atom. The first-order chi connectivity index (χ1) is 14.5. The molecule has 8 heteroatoms. The topological polar surface area (TPSA) is 85.6 Å². The zero-order valence-corrected chi connectivity index (χ0v) is 16.4. The van der Waals surface area contributed by atoms with Crippen molar-refractivity contribution < 1.29 is 23.1 Å². The van der Waals surface area contributed by atoms with Gasteiger partial charge in [0.05, 0.1) is 7.11 Å². The summed E-state index contributed by atoms with van der Waals surface area (Å²) in [5.41, 5.74) is 0.561. The van der Waals surface area contributed by atoms with Crippen molar-refractivity contribution in [2.75, 3.05) is 12.4 Å². The lowest BCUT2D eigenvalue weighted by molar-refractivity contribution is 0.0603. The Labute approximate surface area is 173 Å². The number of hydrogen-bond acceptors (Lipinski definition) is 6. The summed E-state index contributed by atoms with van der Waals surface area (Å²) in [6.45, 7) is 0. The molecule has 1 N–H and O–H groups in total. The number of carbonyl (C=O) groups is 2. The maximum absolute atomic E-state index is 13.3. The van der Waals surface area contributed by atoms with E-state index in [4.69, 9.17) is 9.15 Å². The molecule has 30 heavy (non-hydrogen) atoms. The van der Waals surface area contributed by atoms with Gasteiger partial charge in [0.15, 0.2) is 0 Å². The molecule has 0 spiro atoms. The molecule has 0 aliphatic heterocycles. The highest BCUT2D eigenvalue weighted by atomic mass is 32.1. The van der Waals surface area contributed by atoms with Crippen molar-refractivity contribution >= 4 is 39.2 Å². The van der Waals surface area contributed by atoms with Gasteiger partial charge in [0.25, 0.3) is 5.91 Å². The zero-order chi connectivity index (χ0) is 21.3. The molecule has 0 radical (unpaired) electrons. The number of hydrogen-bond donors (Lipinski definition) is 1. The fourth-order valence-corrected chi connectivity index (χ4v) is 3.94. The molecule has 6 nitrogen and oxygen atoms in total. The SMILES string of the molecule is COC(=O)c1c(-c2ccc(F)cc2)csc1NC(=O)c1cc2ccccc2oc1=O. The molecule has 0 atom stereocenters. The second-order valence-corrected chi connectivity index (χ2v) is 7.17. The summed E-state index contributed by atoms with van der Waals surface area (Å²) in [4.78, 5) is 37.4. The number of para-hydroxylation sites is 1. The maximum atomic E-state index is 13.3. The van der Waals surface area contributed by atoms with Crippen LogP contribution in [0.15, 0.2) is 69.2 Å². The number of halogens is 1. The Morgan fingerprint density at radius 3 is 2.57 bits per heavy atom. The molecule has 2 heterocycles. The summed E-state index contributed by atoms with van der Waals surface area (Å²) >= 11 is 1.09. The second kappa shape index (κ2) is 7.92. The number of esters is 1. The third-order valence-corrected chi connectivity index (χ3v) is 5.34. The Bertz CT molecular complexity index is 1320. The third kappa shape index (κ3) is 3.60. The molecule has 4 rings (SSSR count). The summed E-state index contributed by atoms with van der Waals surface area (Å²) in [7, 11) is 1.22. The highest BCUT2D eigenvalue weighted by Gasteiger charge is 2.24. The number of anilines is 1. The number of benzene rings is 2. The largest absolute Gasteiger partial charge is 0.465 e. The Balaban J connectivity index is 1.73. The van der Waals surface area contributed by atoms with Crippen LogP contribution >= 0.6 is 11.3 Å². The van der Waals surface area contributed by atoms with Crippen LogP contribution in [0.3, 0.4) is 0 Å². The Kier molecular flexibility index (Phi) is 5.16. The molecule has 0 unspecified atom stereocenters. The molecule has 150 valence electrons. The second-order valence-electron chi connectivity index (χ2n) is 6.29. The van der Waals surface area contributed by atoms with Crippen molar-refractivity contribution in [3.8, 4) is 11.1 Å². The van der Waals surface area contributed by atoms with Crippen LogP contribution in [0.4, 0.5) is 9.39 Å². The first kappa shape index (κ1) is 19.5. The quantitative estimate of drug-likeness (QED) is 0.380. The molecule has 2 aromatic heterocycles. The molecule has 1 amide bonds. The summed E-state index contributed by atoms with van der Waals surface area (Å²) in [6.07, 6.45) is 0. The van der Waals surface area contributed by atoms with E-state index in [1.54, 1.807) is 29.6 Å². The van der Waals surface area contributed by atoms with E-state index in [2.05, 4.69) is 5.32 Å². The van der Waals surface area contributed by atoms with Crippen LogP contribution in [0.1, 0.15) is 20.7 Å². The van der Waals surface area contributed by atoms with Crippen molar-refractivity contribution in [1.82, 2.24) is 0 Å². The number of fused-ring (bicyclic) bond motifs is 1. The first-order valence-electron chi connectivity index (χ1n) is 8.78. The van der Waals surface area contributed by atoms with E-state index in [9.17, 15) is 18.8 Å². The summed E-state index contributed by atoms with van der Waals surface area (Å²) in [6, 6.07) is 13.8. The molecular formula is C22H14FNO5S.